The van der Waals surface area contributed by atoms with Crippen LogP contribution in [0.4, 0.5) is 0 Å². The Balaban J connectivity index is 2.05. The van der Waals surface area contributed by atoms with Gasteiger partial charge in [0, 0.05) is 0 Å². The third-order valence-electron chi connectivity index (χ3n) is 6.28. The molecule has 0 aliphatic carbocycles. The van der Waals surface area contributed by atoms with Crippen molar-refractivity contribution >= 4 is 51.8 Å². The Labute approximate surface area is 196 Å². The molecule has 0 radical (unpaired) electrons. The molecule has 0 aliphatic rings. The predicted molar refractivity (Wildman–Crippen MR) is 141 cm³/mol. The first-order valence-electron chi connectivity index (χ1n) is 11.0. The van der Waals surface area contributed by atoms with Crippen molar-refractivity contribution in [2.75, 3.05) is 0 Å². The number of hydrogen-bond acceptors (Lipinski definition) is 4. The van der Waals surface area contributed by atoms with Gasteiger partial charge in [0.1, 0.15) is 0 Å². The van der Waals surface area contributed by atoms with Gasteiger partial charge in [-0.15, -0.1) is 0 Å². The summed E-state index contributed by atoms with van der Waals surface area (Å²) in [5, 5.41) is 38.3. The first kappa shape index (κ1) is 23.1. The molecule has 0 aromatic heterocycles. The molecule has 4 aromatic rings. The van der Waals surface area contributed by atoms with E-state index in [2.05, 4.69) is 0 Å². The van der Waals surface area contributed by atoms with E-state index in [0.717, 1.165) is 44.1 Å². The van der Waals surface area contributed by atoms with Gasteiger partial charge < -0.3 is 20.1 Å². The van der Waals surface area contributed by atoms with Gasteiger partial charge in [-0.05, 0) is 22.3 Å². The van der Waals surface area contributed by atoms with Crippen LogP contribution < -0.4 is 21.9 Å². The fraction of sp³-hybridized carbons (Fsp3) is 0.0400. The van der Waals surface area contributed by atoms with Crippen LogP contribution in [-0.4, -0.2) is 50.0 Å². The van der Waals surface area contributed by atoms with E-state index in [0.29, 0.717) is 0 Å². The summed E-state index contributed by atoms with van der Waals surface area (Å²) in [6.45, 7) is 0. The van der Waals surface area contributed by atoms with Gasteiger partial charge in [0.05, 0.1) is 5.41 Å². The number of benzene rings is 4. The average molecular weight is 432 g/mol. The van der Waals surface area contributed by atoms with Gasteiger partial charge >= 0.3 is 29.9 Å². The van der Waals surface area contributed by atoms with Crippen molar-refractivity contribution in [1.29, 1.82) is 0 Å². The highest BCUT2D eigenvalue weighted by molar-refractivity contribution is 6.46. The maximum atomic E-state index is 9.58. The minimum Gasteiger partial charge on any atom is -0.449 e. The summed E-state index contributed by atoms with van der Waals surface area (Å²) in [6.07, 6.45) is 0. The summed E-state index contributed by atoms with van der Waals surface area (Å²) in [5.74, 6) is 0. The Morgan fingerprint density at radius 2 is 0.515 bits per heavy atom. The highest BCUT2D eigenvalue weighted by Crippen LogP contribution is 2.44. The highest BCUT2D eigenvalue weighted by atomic mass is 16.2. The summed E-state index contributed by atoms with van der Waals surface area (Å²) < 4.78 is 0. The van der Waals surface area contributed by atoms with Gasteiger partial charge in [0.25, 0.3) is 0 Å². The minimum absolute atomic E-state index is 0.0329. The molecule has 0 saturated carbocycles. The Bertz CT molecular complexity index is 984. The highest BCUT2D eigenvalue weighted by Gasteiger charge is 2.38. The fourth-order valence-corrected chi connectivity index (χ4v) is 4.44. The first-order valence-corrected chi connectivity index (χ1v) is 11.0. The fourth-order valence-electron chi connectivity index (χ4n) is 4.44. The second-order valence-electron chi connectivity index (χ2n) is 8.17. The maximum absolute atomic E-state index is 9.58. The predicted octanol–water partition coefficient (Wildman–Crippen LogP) is -2.05. The molecule has 0 aliphatic heterocycles. The van der Waals surface area contributed by atoms with Crippen LogP contribution >= 0.6 is 0 Å². The summed E-state index contributed by atoms with van der Waals surface area (Å²) in [4.78, 5) is 0. The van der Waals surface area contributed by atoms with E-state index in [-0.39, 0.29) is 29.9 Å². The van der Waals surface area contributed by atoms with E-state index in [1.807, 2.05) is 97.1 Å². The van der Waals surface area contributed by atoms with Crippen molar-refractivity contribution < 1.29 is 20.1 Å². The van der Waals surface area contributed by atoms with Gasteiger partial charge in [0.15, 0.2) is 0 Å². The molecule has 0 atom stereocenters. The molecule has 0 amide bonds. The third kappa shape index (κ3) is 4.43. The topological polar surface area (TPSA) is 80.9 Å². The van der Waals surface area contributed by atoms with Crippen LogP contribution in [0.3, 0.4) is 0 Å². The zero-order chi connectivity index (χ0) is 23.3. The van der Waals surface area contributed by atoms with Gasteiger partial charge in [-0.25, -0.2) is 0 Å². The van der Waals surface area contributed by atoms with Crippen LogP contribution in [0.2, 0.25) is 0 Å². The van der Waals surface area contributed by atoms with Crippen molar-refractivity contribution in [3.8, 4) is 0 Å². The minimum atomic E-state index is -0.691. The molecule has 0 heterocycles. The van der Waals surface area contributed by atoms with Gasteiger partial charge in [-0.1, -0.05) is 119 Å². The summed E-state index contributed by atoms with van der Waals surface area (Å²) >= 11 is 0. The molecule has 33 heavy (non-hydrogen) atoms. The van der Waals surface area contributed by atoms with E-state index in [9.17, 15) is 20.1 Å². The largest absolute Gasteiger partial charge is 0.449 e. The zero-order valence-corrected chi connectivity index (χ0v) is 18.4. The van der Waals surface area contributed by atoms with Crippen LogP contribution in [0.25, 0.3) is 0 Å². The summed E-state index contributed by atoms with van der Waals surface area (Å²) in [5.41, 5.74) is 6.70. The molecule has 4 N–H and O–H groups in total. The lowest BCUT2D eigenvalue weighted by molar-refractivity contribution is 0.615. The lowest BCUT2D eigenvalue weighted by Gasteiger charge is -2.37. The van der Waals surface area contributed by atoms with Crippen LogP contribution in [0.5, 0.6) is 0 Å². The lowest BCUT2D eigenvalue weighted by atomic mass is 9.63. The van der Waals surface area contributed by atoms with Crippen molar-refractivity contribution in [2.24, 2.45) is 0 Å². The zero-order valence-electron chi connectivity index (χ0n) is 18.4. The molecule has 0 spiro atoms. The average Bonchev–Trinajstić information content (AvgIpc) is 2.90. The monoisotopic (exact) mass is 432 g/mol. The molecule has 4 rings (SSSR count). The molecular weight excluding hydrogens is 408 g/mol. The van der Waals surface area contributed by atoms with Crippen LogP contribution in [0, 0.1) is 0 Å². The van der Waals surface area contributed by atoms with Crippen molar-refractivity contribution in [1.82, 2.24) is 0 Å². The summed E-state index contributed by atoms with van der Waals surface area (Å²) in [7, 11) is -0.131. The smallest absolute Gasteiger partial charge is 0.304 e. The van der Waals surface area contributed by atoms with E-state index in [1.165, 1.54) is 0 Å². The van der Waals surface area contributed by atoms with E-state index < -0.39 is 5.41 Å². The van der Waals surface area contributed by atoms with Crippen molar-refractivity contribution in [3.05, 3.63) is 119 Å². The van der Waals surface area contributed by atoms with Crippen LogP contribution in [0.1, 0.15) is 22.3 Å². The Hall–Kier alpha value is -3.02. The molecule has 0 fully saturated rings. The van der Waals surface area contributed by atoms with E-state index in [1.54, 1.807) is 0 Å². The molecule has 0 unspecified atom stereocenters. The molecule has 0 saturated heterocycles. The SMILES string of the molecule is OBc1ccc(C(c2ccc(BO)cc2)(c2ccc(BO)cc2)c2ccc(BO)cc2)cc1. The van der Waals surface area contributed by atoms with Gasteiger partial charge in [-0.2, -0.15) is 0 Å². The second kappa shape index (κ2) is 10.3. The van der Waals surface area contributed by atoms with E-state index in [4.69, 9.17) is 0 Å². The Morgan fingerprint density at radius 1 is 0.333 bits per heavy atom. The van der Waals surface area contributed by atoms with Crippen LogP contribution in [0.15, 0.2) is 97.1 Å². The standard InChI is InChI=1S/C25H24B4O4/c30-26-21-9-1-17(2-10-21)25(18-3-11-22(27-31)12-4-18,19-5-13-23(28-32)14-6-19)20-7-15-24(29-33)16-8-20/h1-16,26-33H. The normalized spacial score (nSPS) is 11.0. The number of rotatable bonds is 8. The van der Waals surface area contributed by atoms with Crippen molar-refractivity contribution in [3.63, 3.8) is 0 Å². The maximum Gasteiger partial charge on any atom is 0.304 e. The third-order valence-corrected chi connectivity index (χ3v) is 6.28. The second-order valence-corrected chi connectivity index (χ2v) is 8.17. The molecule has 4 nitrogen and oxygen atoms in total. The number of hydrogen-bond donors (Lipinski definition) is 4. The molecule has 8 heteroatoms. The molecular formula is C25H24B4O4. The van der Waals surface area contributed by atoms with Gasteiger partial charge in [0.2, 0.25) is 0 Å². The summed E-state index contributed by atoms with van der Waals surface area (Å²) in [6, 6.07) is 31.7. The van der Waals surface area contributed by atoms with Crippen LogP contribution in [-0.2, 0) is 5.41 Å². The molecule has 4 aromatic carbocycles. The molecule has 160 valence electrons. The quantitative estimate of drug-likeness (QED) is 0.191. The lowest BCUT2D eigenvalue weighted by Crippen LogP contribution is -2.33. The van der Waals surface area contributed by atoms with Gasteiger partial charge in [-0.3, -0.25) is 0 Å². The van der Waals surface area contributed by atoms with E-state index >= 15 is 0 Å². The Kier molecular flexibility index (Phi) is 7.21. The first-order chi connectivity index (χ1) is 16.1. The molecule has 0 bridgehead atoms. The Morgan fingerprint density at radius 3 is 0.667 bits per heavy atom. The van der Waals surface area contributed by atoms with Crippen molar-refractivity contribution in [2.45, 2.75) is 5.41 Å².